The molecule has 0 amide bonds. The summed E-state index contributed by atoms with van der Waals surface area (Å²) in [5.74, 6) is 0.793. The largest absolute Gasteiger partial charge is 0.491 e. The van der Waals surface area contributed by atoms with E-state index in [1.807, 2.05) is 24.3 Å². The first-order chi connectivity index (χ1) is 12.1. The second-order valence-electron chi connectivity index (χ2n) is 6.50. The Bertz CT molecular complexity index is 705. The Morgan fingerprint density at radius 2 is 1.96 bits per heavy atom. The number of aryl methyl sites for hydroxylation is 1. The maximum atomic E-state index is 8.92. The van der Waals surface area contributed by atoms with Gasteiger partial charge in [-0.25, -0.2) is 0 Å². The highest BCUT2D eigenvalue weighted by Crippen LogP contribution is 2.35. The van der Waals surface area contributed by atoms with Crippen LogP contribution < -0.4 is 15.0 Å². The van der Waals surface area contributed by atoms with Crippen LogP contribution in [0.25, 0.3) is 0 Å². The molecule has 0 aromatic heterocycles. The summed E-state index contributed by atoms with van der Waals surface area (Å²) in [5, 5.41) is 13.2. The lowest BCUT2D eigenvalue weighted by Crippen LogP contribution is -2.52. The average Bonchev–Trinajstić information content (AvgIpc) is 2.61. The molecular weight excluding hydrogens is 336 g/mol. The molecule has 5 heteroatoms. The van der Waals surface area contributed by atoms with E-state index in [-0.39, 0.29) is 12.6 Å². The van der Waals surface area contributed by atoms with Gasteiger partial charge in [-0.1, -0.05) is 23.7 Å². The van der Waals surface area contributed by atoms with E-state index in [0.717, 1.165) is 23.9 Å². The summed E-state index contributed by atoms with van der Waals surface area (Å²) in [6.45, 7) is 6.53. The number of hydrogen-bond acceptors (Lipinski definition) is 4. The molecule has 0 saturated carbocycles. The summed E-state index contributed by atoms with van der Waals surface area (Å²) < 4.78 is 5.53. The number of anilines is 1. The highest BCUT2D eigenvalue weighted by atomic mass is 35.5. The van der Waals surface area contributed by atoms with E-state index in [0.29, 0.717) is 12.6 Å². The first-order valence-corrected chi connectivity index (χ1v) is 9.07. The summed E-state index contributed by atoms with van der Waals surface area (Å²) in [4.78, 5) is 2.48. The van der Waals surface area contributed by atoms with Gasteiger partial charge in [-0.15, -0.1) is 0 Å². The van der Waals surface area contributed by atoms with Crippen molar-refractivity contribution in [2.24, 2.45) is 0 Å². The van der Waals surface area contributed by atoms with E-state index in [1.54, 1.807) is 0 Å². The van der Waals surface area contributed by atoms with Gasteiger partial charge in [0.05, 0.1) is 12.6 Å². The summed E-state index contributed by atoms with van der Waals surface area (Å²) in [7, 11) is 0. The number of piperazine rings is 1. The zero-order valence-corrected chi connectivity index (χ0v) is 15.5. The first kappa shape index (κ1) is 18.1. The quantitative estimate of drug-likeness (QED) is 0.855. The third-order valence-electron chi connectivity index (χ3n) is 4.65. The zero-order valence-electron chi connectivity index (χ0n) is 14.7. The molecule has 2 atom stereocenters. The number of benzene rings is 2. The van der Waals surface area contributed by atoms with Crippen molar-refractivity contribution in [3.63, 3.8) is 0 Å². The molecule has 134 valence electrons. The van der Waals surface area contributed by atoms with Crippen LogP contribution in [0.15, 0.2) is 42.5 Å². The normalized spacial score (nSPS) is 20.6. The Balaban J connectivity index is 1.92. The van der Waals surface area contributed by atoms with Crippen molar-refractivity contribution in [3.8, 4) is 5.75 Å². The minimum absolute atomic E-state index is 0.0221. The number of aliphatic hydroxyl groups is 1. The van der Waals surface area contributed by atoms with Crippen LogP contribution in [-0.4, -0.2) is 37.5 Å². The molecule has 2 aromatic carbocycles. The molecule has 25 heavy (non-hydrogen) atoms. The SMILES string of the molecule is Cc1cc(OCCO)ccc1N1C(c2ccc(Cl)cc2)CNC[C@@H]1C. The van der Waals surface area contributed by atoms with Crippen LogP contribution in [-0.2, 0) is 0 Å². The maximum absolute atomic E-state index is 8.92. The van der Waals surface area contributed by atoms with Gasteiger partial charge in [0.1, 0.15) is 12.4 Å². The molecule has 1 aliphatic rings. The fourth-order valence-electron chi connectivity index (χ4n) is 3.47. The van der Waals surface area contributed by atoms with E-state index in [9.17, 15) is 0 Å². The van der Waals surface area contributed by atoms with Gasteiger partial charge >= 0.3 is 0 Å². The predicted octanol–water partition coefficient (Wildman–Crippen LogP) is 3.56. The Morgan fingerprint density at radius 1 is 1.20 bits per heavy atom. The van der Waals surface area contributed by atoms with Crippen molar-refractivity contribution in [1.82, 2.24) is 5.32 Å². The Kier molecular flexibility index (Phi) is 5.84. The van der Waals surface area contributed by atoms with Crippen LogP contribution in [0, 0.1) is 6.92 Å². The number of halogens is 1. The van der Waals surface area contributed by atoms with Crippen molar-refractivity contribution >= 4 is 17.3 Å². The summed E-state index contributed by atoms with van der Waals surface area (Å²) >= 11 is 6.06. The second-order valence-corrected chi connectivity index (χ2v) is 6.94. The first-order valence-electron chi connectivity index (χ1n) is 8.69. The van der Waals surface area contributed by atoms with Crippen molar-refractivity contribution in [2.75, 3.05) is 31.2 Å². The molecule has 1 unspecified atom stereocenters. The lowest BCUT2D eigenvalue weighted by molar-refractivity contribution is 0.201. The average molecular weight is 361 g/mol. The van der Waals surface area contributed by atoms with Gasteiger partial charge in [0.25, 0.3) is 0 Å². The Labute approximate surface area is 154 Å². The van der Waals surface area contributed by atoms with E-state index in [4.69, 9.17) is 21.4 Å². The van der Waals surface area contributed by atoms with Crippen molar-refractivity contribution in [1.29, 1.82) is 0 Å². The van der Waals surface area contributed by atoms with Crippen molar-refractivity contribution in [2.45, 2.75) is 25.9 Å². The van der Waals surface area contributed by atoms with Crippen LogP contribution in [0.1, 0.15) is 24.1 Å². The number of ether oxygens (including phenoxy) is 1. The fraction of sp³-hybridized carbons (Fsp3) is 0.400. The second kappa shape index (κ2) is 8.09. The topological polar surface area (TPSA) is 44.7 Å². The number of nitrogens with one attached hydrogen (secondary N) is 1. The minimum atomic E-state index is 0.0221. The molecule has 0 spiro atoms. The molecule has 2 aromatic rings. The summed E-state index contributed by atoms with van der Waals surface area (Å²) in [6, 6.07) is 14.9. The van der Waals surface area contributed by atoms with Crippen LogP contribution in [0.4, 0.5) is 5.69 Å². The maximum Gasteiger partial charge on any atom is 0.119 e. The van der Waals surface area contributed by atoms with Crippen molar-refractivity contribution in [3.05, 3.63) is 58.6 Å². The van der Waals surface area contributed by atoms with Crippen LogP contribution in [0.5, 0.6) is 5.75 Å². The smallest absolute Gasteiger partial charge is 0.119 e. The van der Waals surface area contributed by atoms with Crippen LogP contribution in [0.2, 0.25) is 5.02 Å². The van der Waals surface area contributed by atoms with E-state index in [1.165, 1.54) is 16.8 Å². The Morgan fingerprint density at radius 3 is 2.64 bits per heavy atom. The van der Waals surface area contributed by atoms with Gasteiger partial charge in [-0.05, 0) is 55.3 Å². The molecule has 1 heterocycles. The standard InChI is InChI=1S/C20H25ClN2O2/c1-14-11-18(25-10-9-24)7-8-19(14)23-15(2)12-22-13-20(23)16-3-5-17(21)6-4-16/h3-8,11,15,20,22,24H,9-10,12-13H2,1-2H3/t15-,20?/m0/s1. The number of rotatable bonds is 5. The highest BCUT2D eigenvalue weighted by Gasteiger charge is 2.30. The molecule has 2 N–H and O–H groups in total. The van der Waals surface area contributed by atoms with Gasteiger partial charge in [0.2, 0.25) is 0 Å². The van der Waals surface area contributed by atoms with Gasteiger partial charge in [0.15, 0.2) is 0 Å². The van der Waals surface area contributed by atoms with E-state index < -0.39 is 0 Å². The number of aliphatic hydroxyl groups excluding tert-OH is 1. The molecule has 1 aliphatic heterocycles. The fourth-order valence-corrected chi connectivity index (χ4v) is 3.60. The van der Waals surface area contributed by atoms with Crippen LogP contribution >= 0.6 is 11.6 Å². The summed E-state index contributed by atoms with van der Waals surface area (Å²) in [6.07, 6.45) is 0. The number of nitrogens with zero attached hydrogens (tertiary/aromatic N) is 1. The highest BCUT2D eigenvalue weighted by molar-refractivity contribution is 6.30. The number of hydrogen-bond donors (Lipinski definition) is 2. The van der Waals surface area contributed by atoms with E-state index >= 15 is 0 Å². The third kappa shape index (κ3) is 4.09. The minimum Gasteiger partial charge on any atom is -0.491 e. The third-order valence-corrected chi connectivity index (χ3v) is 4.90. The Hall–Kier alpha value is -1.75. The molecule has 0 radical (unpaired) electrons. The lowest BCUT2D eigenvalue weighted by Gasteiger charge is -2.44. The zero-order chi connectivity index (χ0) is 17.8. The molecule has 3 rings (SSSR count). The molecule has 0 aliphatic carbocycles. The summed E-state index contributed by atoms with van der Waals surface area (Å²) in [5.41, 5.74) is 3.64. The lowest BCUT2D eigenvalue weighted by atomic mass is 9.98. The molecule has 0 bridgehead atoms. The van der Waals surface area contributed by atoms with Crippen molar-refractivity contribution < 1.29 is 9.84 Å². The van der Waals surface area contributed by atoms with Gasteiger partial charge < -0.3 is 20.1 Å². The molecular formula is C20H25ClN2O2. The van der Waals surface area contributed by atoms with Gasteiger partial charge in [0, 0.05) is 29.8 Å². The predicted molar refractivity (Wildman–Crippen MR) is 103 cm³/mol. The molecule has 1 fully saturated rings. The molecule has 1 saturated heterocycles. The van der Waals surface area contributed by atoms with Gasteiger partial charge in [-0.2, -0.15) is 0 Å². The van der Waals surface area contributed by atoms with E-state index in [2.05, 4.69) is 42.3 Å². The monoisotopic (exact) mass is 360 g/mol. The van der Waals surface area contributed by atoms with Crippen LogP contribution in [0.3, 0.4) is 0 Å². The molecule has 4 nitrogen and oxygen atoms in total. The van der Waals surface area contributed by atoms with Gasteiger partial charge in [-0.3, -0.25) is 0 Å².